The summed E-state index contributed by atoms with van der Waals surface area (Å²) in [5.74, 6) is -1.11. The highest BCUT2D eigenvalue weighted by Gasteiger charge is 2.09. The summed E-state index contributed by atoms with van der Waals surface area (Å²) < 4.78 is 4.72. The average Bonchev–Trinajstić information content (AvgIpc) is 1.88. The van der Waals surface area contributed by atoms with Gasteiger partial charge in [-0.25, -0.2) is 4.79 Å². The fraction of sp³-hybridized carbons (Fsp3) is 0.833. The van der Waals surface area contributed by atoms with Gasteiger partial charge in [0.25, 0.3) is 0 Å². The summed E-state index contributed by atoms with van der Waals surface area (Å²) in [4.78, 5) is 10.0. The molecule has 1 unspecified atom stereocenters. The van der Waals surface area contributed by atoms with Crippen LogP contribution in [-0.2, 0) is 9.53 Å². The van der Waals surface area contributed by atoms with Gasteiger partial charge >= 0.3 is 5.97 Å². The summed E-state index contributed by atoms with van der Waals surface area (Å²) in [7, 11) is 0. The third-order valence-electron chi connectivity index (χ3n) is 1.04. The van der Waals surface area contributed by atoms with E-state index in [4.69, 9.17) is 15.6 Å². The maximum Gasteiger partial charge on any atom is 0.347 e. The van der Waals surface area contributed by atoms with Gasteiger partial charge in [-0.2, -0.15) is 0 Å². The Balaban J connectivity index is 3.21. The molecule has 0 aliphatic rings. The van der Waals surface area contributed by atoms with Crippen LogP contribution >= 0.6 is 0 Å². The molecule has 0 radical (unpaired) electrons. The minimum absolute atomic E-state index is 0.421. The van der Waals surface area contributed by atoms with Crippen molar-refractivity contribution in [1.29, 1.82) is 0 Å². The van der Waals surface area contributed by atoms with E-state index in [0.29, 0.717) is 6.61 Å². The zero-order chi connectivity index (χ0) is 7.98. The summed E-state index contributed by atoms with van der Waals surface area (Å²) in [6, 6.07) is 0. The Hall–Kier alpha value is -0.610. The Labute approximate surface area is 60.0 Å². The second-order valence-electron chi connectivity index (χ2n) is 1.98. The van der Waals surface area contributed by atoms with Crippen LogP contribution in [0.2, 0.25) is 0 Å². The van der Waals surface area contributed by atoms with Crippen LogP contribution in [0.5, 0.6) is 0 Å². The molecule has 1 atom stereocenters. The number of ether oxygens (including phenoxy) is 1. The number of hydrogen-bond donors (Lipinski definition) is 2. The lowest BCUT2D eigenvalue weighted by Gasteiger charge is -2.06. The van der Waals surface area contributed by atoms with Gasteiger partial charge < -0.3 is 9.84 Å². The molecular formula is C6H13NO3. The van der Waals surface area contributed by atoms with Crippen molar-refractivity contribution < 1.29 is 14.6 Å². The molecule has 0 bridgehead atoms. The first-order valence-electron chi connectivity index (χ1n) is 3.28. The minimum Gasteiger partial charge on any atom is -0.478 e. The first kappa shape index (κ1) is 9.39. The minimum atomic E-state index is -1.16. The van der Waals surface area contributed by atoms with Crippen molar-refractivity contribution in [1.82, 2.24) is 0 Å². The first-order valence-corrected chi connectivity index (χ1v) is 3.28. The SMILES string of the molecule is CCCCOC(N)C(=O)O. The molecule has 0 aromatic rings. The Morgan fingerprint density at radius 1 is 1.80 bits per heavy atom. The Kier molecular flexibility index (Phi) is 4.88. The summed E-state index contributed by atoms with van der Waals surface area (Å²) >= 11 is 0. The van der Waals surface area contributed by atoms with Crippen molar-refractivity contribution in [3.05, 3.63) is 0 Å². The topological polar surface area (TPSA) is 72.5 Å². The summed E-state index contributed by atoms with van der Waals surface area (Å²) in [6.45, 7) is 2.42. The van der Waals surface area contributed by atoms with E-state index < -0.39 is 12.2 Å². The zero-order valence-electron chi connectivity index (χ0n) is 6.04. The fourth-order valence-electron chi connectivity index (χ4n) is 0.426. The molecule has 0 amide bonds. The summed E-state index contributed by atoms with van der Waals surface area (Å²) in [5.41, 5.74) is 5.04. The number of carboxylic acids is 1. The van der Waals surface area contributed by atoms with Gasteiger partial charge in [-0.15, -0.1) is 0 Å². The molecule has 0 aliphatic heterocycles. The number of hydrogen-bond acceptors (Lipinski definition) is 3. The van der Waals surface area contributed by atoms with Crippen molar-refractivity contribution >= 4 is 5.97 Å². The average molecular weight is 147 g/mol. The number of nitrogens with two attached hydrogens (primary N) is 1. The second-order valence-corrected chi connectivity index (χ2v) is 1.98. The molecule has 0 rings (SSSR count). The van der Waals surface area contributed by atoms with Crippen molar-refractivity contribution in [3.8, 4) is 0 Å². The van der Waals surface area contributed by atoms with E-state index in [1.165, 1.54) is 0 Å². The van der Waals surface area contributed by atoms with Crippen LogP contribution in [0.3, 0.4) is 0 Å². The van der Waals surface area contributed by atoms with E-state index in [2.05, 4.69) is 0 Å². The van der Waals surface area contributed by atoms with E-state index in [9.17, 15) is 4.79 Å². The number of carbonyl (C=O) groups is 1. The van der Waals surface area contributed by atoms with Crippen molar-refractivity contribution in [2.75, 3.05) is 6.61 Å². The Morgan fingerprint density at radius 3 is 2.80 bits per heavy atom. The molecule has 0 spiro atoms. The van der Waals surface area contributed by atoms with Gasteiger partial charge in [-0.1, -0.05) is 13.3 Å². The maximum absolute atomic E-state index is 10.0. The van der Waals surface area contributed by atoms with Gasteiger partial charge in [-0.3, -0.25) is 5.73 Å². The third kappa shape index (κ3) is 4.29. The molecule has 3 N–H and O–H groups in total. The highest BCUT2D eigenvalue weighted by molar-refractivity contribution is 5.71. The van der Waals surface area contributed by atoms with Crippen molar-refractivity contribution in [2.24, 2.45) is 5.73 Å². The van der Waals surface area contributed by atoms with Crippen LogP contribution in [0.4, 0.5) is 0 Å². The van der Waals surface area contributed by atoms with Crippen LogP contribution in [-0.4, -0.2) is 23.9 Å². The van der Waals surface area contributed by atoms with Crippen molar-refractivity contribution in [3.63, 3.8) is 0 Å². The molecule has 0 saturated heterocycles. The highest BCUT2D eigenvalue weighted by Crippen LogP contribution is 1.90. The Bertz CT molecular complexity index is 105. The van der Waals surface area contributed by atoms with E-state index >= 15 is 0 Å². The Morgan fingerprint density at radius 2 is 2.40 bits per heavy atom. The standard InChI is InChI=1S/C6H13NO3/c1-2-3-4-10-5(7)6(8)9/h5H,2-4,7H2,1H3,(H,8,9). The predicted octanol–water partition coefficient (Wildman–Crippen LogP) is 0.172. The zero-order valence-corrected chi connectivity index (χ0v) is 6.04. The number of carboxylic acid groups (broad SMARTS) is 1. The molecule has 60 valence electrons. The molecule has 0 heterocycles. The molecule has 0 aromatic carbocycles. The molecule has 0 fully saturated rings. The first-order chi connectivity index (χ1) is 4.68. The number of aliphatic carboxylic acids is 1. The van der Waals surface area contributed by atoms with Gasteiger partial charge in [0.05, 0.1) is 0 Å². The summed E-state index contributed by atoms with van der Waals surface area (Å²) in [6.07, 6.45) is 0.666. The van der Waals surface area contributed by atoms with Gasteiger partial charge in [0, 0.05) is 6.61 Å². The lowest BCUT2D eigenvalue weighted by Crippen LogP contribution is -2.33. The summed E-state index contributed by atoms with van der Waals surface area (Å²) in [5, 5.41) is 8.23. The quantitative estimate of drug-likeness (QED) is 0.429. The van der Waals surface area contributed by atoms with Gasteiger partial charge in [0.2, 0.25) is 6.23 Å². The molecular weight excluding hydrogens is 134 g/mol. The number of unbranched alkanes of at least 4 members (excludes halogenated alkanes) is 1. The normalized spacial score (nSPS) is 13.0. The van der Waals surface area contributed by atoms with Crippen LogP contribution in [0.15, 0.2) is 0 Å². The second kappa shape index (κ2) is 5.20. The van der Waals surface area contributed by atoms with Crippen LogP contribution in [0.25, 0.3) is 0 Å². The molecule has 0 aliphatic carbocycles. The molecule has 0 saturated carbocycles. The van der Waals surface area contributed by atoms with Gasteiger partial charge in [0.15, 0.2) is 0 Å². The van der Waals surface area contributed by atoms with E-state index in [1.807, 2.05) is 6.92 Å². The number of rotatable bonds is 5. The van der Waals surface area contributed by atoms with Gasteiger partial charge in [0.1, 0.15) is 0 Å². The van der Waals surface area contributed by atoms with Crippen molar-refractivity contribution in [2.45, 2.75) is 26.0 Å². The fourth-order valence-corrected chi connectivity index (χ4v) is 0.426. The van der Waals surface area contributed by atoms with Crippen LogP contribution in [0, 0.1) is 0 Å². The van der Waals surface area contributed by atoms with Crippen LogP contribution < -0.4 is 5.73 Å². The smallest absolute Gasteiger partial charge is 0.347 e. The molecule has 0 aromatic heterocycles. The molecule has 4 heteroatoms. The highest BCUT2D eigenvalue weighted by atomic mass is 16.5. The van der Waals surface area contributed by atoms with E-state index in [0.717, 1.165) is 12.8 Å². The van der Waals surface area contributed by atoms with Crippen LogP contribution in [0.1, 0.15) is 19.8 Å². The molecule has 4 nitrogen and oxygen atoms in total. The van der Waals surface area contributed by atoms with E-state index in [1.54, 1.807) is 0 Å². The van der Waals surface area contributed by atoms with E-state index in [-0.39, 0.29) is 0 Å². The monoisotopic (exact) mass is 147 g/mol. The predicted molar refractivity (Wildman–Crippen MR) is 36.5 cm³/mol. The lowest BCUT2D eigenvalue weighted by molar-refractivity contribution is -0.150. The maximum atomic E-state index is 10.0. The lowest BCUT2D eigenvalue weighted by atomic mass is 10.4. The van der Waals surface area contributed by atoms with Gasteiger partial charge in [-0.05, 0) is 6.42 Å². The third-order valence-corrected chi connectivity index (χ3v) is 1.04. The largest absolute Gasteiger partial charge is 0.478 e. The molecule has 10 heavy (non-hydrogen) atoms.